The van der Waals surface area contributed by atoms with Crippen molar-refractivity contribution >= 4 is 35.0 Å². The monoisotopic (exact) mass is 406 g/mol. The Morgan fingerprint density at radius 2 is 1.79 bits per heavy atom. The van der Waals surface area contributed by atoms with Gasteiger partial charge >= 0.3 is 0 Å². The molecule has 0 radical (unpaired) electrons. The van der Waals surface area contributed by atoms with E-state index in [0.29, 0.717) is 33.3 Å². The van der Waals surface area contributed by atoms with E-state index >= 15 is 0 Å². The van der Waals surface area contributed by atoms with Gasteiger partial charge in [0.1, 0.15) is 0 Å². The highest BCUT2D eigenvalue weighted by atomic mass is 35.5. The van der Waals surface area contributed by atoms with Crippen molar-refractivity contribution in [3.8, 4) is 5.69 Å². The molecule has 0 unspecified atom stereocenters. The van der Waals surface area contributed by atoms with Crippen LogP contribution >= 0.6 is 11.6 Å². The third-order valence-electron chi connectivity index (χ3n) is 4.88. The lowest BCUT2D eigenvalue weighted by Crippen LogP contribution is -2.22. The minimum absolute atomic E-state index is 0.217. The summed E-state index contributed by atoms with van der Waals surface area (Å²) in [6, 6.07) is 14.5. The van der Waals surface area contributed by atoms with Gasteiger partial charge in [0.15, 0.2) is 0 Å². The lowest BCUT2D eigenvalue weighted by molar-refractivity contribution is -0.114. The number of hydrazone groups is 1. The van der Waals surface area contributed by atoms with Gasteiger partial charge in [-0.3, -0.25) is 14.7 Å². The van der Waals surface area contributed by atoms with E-state index in [2.05, 4.69) is 10.2 Å². The van der Waals surface area contributed by atoms with Gasteiger partial charge in [-0.25, -0.2) is 4.68 Å². The molecule has 0 saturated heterocycles. The van der Waals surface area contributed by atoms with Gasteiger partial charge in [-0.15, -0.1) is 0 Å². The van der Waals surface area contributed by atoms with Crippen LogP contribution in [0.25, 0.3) is 11.8 Å². The average molecular weight is 407 g/mol. The van der Waals surface area contributed by atoms with Crippen molar-refractivity contribution in [2.75, 3.05) is 5.01 Å². The third kappa shape index (κ3) is 3.32. The number of para-hydroxylation sites is 1. The molecular formula is C22H19ClN4O2. The molecule has 4 rings (SSSR count). The fourth-order valence-electron chi connectivity index (χ4n) is 3.32. The molecule has 1 aliphatic rings. The molecular weight excluding hydrogens is 388 g/mol. The summed E-state index contributed by atoms with van der Waals surface area (Å²) in [5.74, 6) is -0.299. The Labute approximate surface area is 172 Å². The number of hydrogen-bond donors (Lipinski definition) is 1. The van der Waals surface area contributed by atoms with Crippen molar-refractivity contribution in [3.05, 3.63) is 86.3 Å². The number of aryl methyl sites for hydroxylation is 2. The third-order valence-corrected chi connectivity index (χ3v) is 5.11. The van der Waals surface area contributed by atoms with Gasteiger partial charge in [0.05, 0.1) is 28.2 Å². The quantitative estimate of drug-likeness (QED) is 0.661. The van der Waals surface area contributed by atoms with E-state index in [9.17, 15) is 9.59 Å². The van der Waals surface area contributed by atoms with Crippen molar-refractivity contribution in [3.63, 3.8) is 0 Å². The molecule has 0 atom stereocenters. The van der Waals surface area contributed by atoms with E-state index in [0.717, 1.165) is 11.3 Å². The number of rotatable bonds is 3. The first-order chi connectivity index (χ1) is 13.9. The molecule has 1 amide bonds. The number of carbonyl (C=O) groups excluding carboxylic acids is 1. The van der Waals surface area contributed by atoms with Crippen molar-refractivity contribution in [1.82, 2.24) is 9.78 Å². The molecule has 6 nitrogen and oxygen atoms in total. The Morgan fingerprint density at radius 3 is 2.52 bits per heavy atom. The SMILES string of the molecule is CC1=NN(c2cccc(Cl)c2)C(=O)C1=Cc1c(C)[nH]n(-c2ccccc2C)c1=O. The number of amides is 1. The molecule has 1 N–H and O–H groups in total. The van der Waals surface area contributed by atoms with Crippen LogP contribution in [0, 0.1) is 13.8 Å². The zero-order chi connectivity index (χ0) is 20.7. The number of benzene rings is 2. The van der Waals surface area contributed by atoms with Gasteiger partial charge in [0.25, 0.3) is 11.5 Å². The molecule has 0 saturated carbocycles. The summed E-state index contributed by atoms with van der Waals surface area (Å²) in [4.78, 5) is 26.0. The summed E-state index contributed by atoms with van der Waals surface area (Å²) in [6.45, 7) is 5.50. The van der Waals surface area contributed by atoms with Crippen LogP contribution in [0.5, 0.6) is 0 Å². The topological polar surface area (TPSA) is 70.5 Å². The molecule has 0 aliphatic carbocycles. The minimum Gasteiger partial charge on any atom is -0.295 e. The number of hydrogen-bond acceptors (Lipinski definition) is 3. The van der Waals surface area contributed by atoms with Crippen LogP contribution < -0.4 is 10.6 Å². The normalized spacial score (nSPS) is 15.3. The average Bonchev–Trinajstić information content (AvgIpc) is 3.13. The Morgan fingerprint density at radius 1 is 1.03 bits per heavy atom. The van der Waals surface area contributed by atoms with E-state index in [1.807, 2.05) is 38.1 Å². The van der Waals surface area contributed by atoms with Crippen molar-refractivity contribution in [2.45, 2.75) is 20.8 Å². The Bertz CT molecular complexity index is 1250. The molecule has 0 spiro atoms. The molecule has 7 heteroatoms. The first kappa shape index (κ1) is 19.0. The highest BCUT2D eigenvalue weighted by Crippen LogP contribution is 2.27. The van der Waals surface area contributed by atoms with Crippen molar-refractivity contribution < 1.29 is 4.79 Å². The highest BCUT2D eigenvalue weighted by Gasteiger charge is 2.29. The molecule has 0 fully saturated rings. The highest BCUT2D eigenvalue weighted by molar-refractivity contribution is 6.33. The summed E-state index contributed by atoms with van der Waals surface area (Å²) in [5, 5.41) is 9.27. The van der Waals surface area contributed by atoms with Gasteiger partial charge in [-0.05, 0) is 56.7 Å². The van der Waals surface area contributed by atoms with Gasteiger partial charge in [0.2, 0.25) is 0 Å². The number of anilines is 1. The first-order valence-corrected chi connectivity index (χ1v) is 9.49. The summed E-state index contributed by atoms with van der Waals surface area (Å²) < 4.78 is 1.50. The fraction of sp³-hybridized carbons (Fsp3) is 0.136. The molecule has 29 heavy (non-hydrogen) atoms. The van der Waals surface area contributed by atoms with Gasteiger partial charge < -0.3 is 0 Å². The zero-order valence-corrected chi connectivity index (χ0v) is 17.0. The number of aromatic nitrogens is 2. The van der Waals surface area contributed by atoms with E-state index in [1.165, 1.54) is 9.69 Å². The van der Waals surface area contributed by atoms with Crippen molar-refractivity contribution in [1.29, 1.82) is 0 Å². The van der Waals surface area contributed by atoms with Crippen LogP contribution in [0.15, 0.2) is 64.0 Å². The number of nitrogens with zero attached hydrogens (tertiary/aromatic N) is 3. The largest absolute Gasteiger partial charge is 0.295 e. The van der Waals surface area contributed by atoms with Gasteiger partial charge in [-0.1, -0.05) is 35.9 Å². The second kappa shape index (κ2) is 7.22. The predicted molar refractivity (Wildman–Crippen MR) is 116 cm³/mol. The molecule has 3 aromatic rings. The van der Waals surface area contributed by atoms with Crippen LogP contribution in [0.3, 0.4) is 0 Å². The van der Waals surface area contributed by atoms with Crippen LogP contribution in [0.4, 0.5) is 5.69 Å². The molecule has 0 bridgehead atoms. The van der Waals surface area contributed by atoms with Crippen LogP contribution in [-0.4, -0.2) is 21.4 Å². The maximum Gasteiger partial charge on any atom is 0.280 e. The van der Waals surface area contributed by atoms with Crippen LogP contribution in [0.1, 0.15) is 23.7 Å². The molecule has 1 aromatic heterocycles. The van der Waals surface area contributed by atoms with Crippen molar-refractivity contribution in [2.24, 2.45) is 5.10 Å². The second-order valence-corrected chi connectivity index (χ2v) is 7.35. The maximum absolute atomic E-state index is 13.0. The Hall–Kier alpha value is -3.38. The Kier molecular flexibility index (Phi) is 4.72. The van der Waals surface area contributed by atoms with E-state index in [1.54, 1.807) is 37.3 Å². The number of carbonyl (C=O) groups is 1. The summed E-state index contributed by atoms with van der Waals surface area (Å²) in [5.41, 5.74) is 4.12. The molecule has 2 heterocycles. The summed E-state index contributed by atoms with van der Waals surface area (Å²) in [7, 11) is 0. The summed E-state index contributed by atoms with van der Waals surface area (Å²) in [6.07, 6.45) is 1.61. The fourth-order valence-corrected chi connectivity index (χ4v) is 3.51. The molecule has 2 aromatic carbocycles. The predicted octanol–water partition coefficient (Wildman–Crippen LogP) is 4.24. The smallest absolute Gasteiger partial charge is 0.280 e. The second-order valence-electron chi connectivity index (χ2n) is 6.92. The summed E-state index contributed by atoms with van der Waals surface area (Å²) >= 11 is 6.04. The number of nitrogens with one attached hydrogen (secondary N) is 1. The lowest BCUT2D eigenvalue weighted by atomic mass is 10.1. The standard InChI is InChI=1S/C22H19ClN4O2/c1-13-7-4-5-10-20(13)27-22(29)19(15(3)25-27)12-18-14(2)24-26(21(18)28)17-9-6-8-16(23)11-17/h4-12,25H,1-3H3. The van der Waals surface area contributed by atoms with Crippen LogP contribution in [0.2, 0.25) is 5.02 Å². The maximum atomic E-state index is 13.0. The lowest BCUT2D eigenvalue weighted by Gasteiger charge is -2.11. The molecule has 146 valence electrons. The molecule has 1 aliphatic heterocycles. The van der Waals surface area contributed by atoms with Crippen LogP contribution in [-0.2, 0) is 4.79 Å². The van der Waals surface area contributed by atoms with E-state index in [-0.39, 0.29) is 11.5 Å². The van der Waals surface area contributed by atoms with Gasteiger partial charge in [0, 0.05) is 10.7 Å². The van der Waals surface area contributed by atoms with Gasteiger partial charge in [-0.2, -0.15) is 10.1 Å². The number of H-pyrrole nitrogens is 1. The van der Waals surface area contributed by atoms with E-state index < -0.39 is 0 Å². The Balaban J connectivity index is 1.76. The number of aromatic amines is 1. The minimum atomic E-state index is -0.299. The zero-order valence-electron chi connectivity index (χ0n) is 16.2. The first-order valence-electron chi connectivity index (χ1n) is 9.11. The number of halogens is 1. The van der Waals surface area contributed by atoms with E-state index in [4.69, 9.17) is 11.6 Å².